The van der Waals surface area contributed by atoms with Gasteiger partial charge in [0.05, 0.1) is 6.61 Å². The van der Waals surface area contributed by atoms with Crippen LogP contribution in [0, 0.1) is 11.8 Å². The molecule has 4 heteroatoms. The molecule has 4 bridgehead atoms. The van der Waals surface area contributed by atoms with E-state index in [4.69, 9.17) is 11.6 Å². The van der Waals surface area contributed by atoms with Gasteiger partial charge in [-0.2, -0.15) is 0 Å². The number of hydrogen-bond donors (Lipinski definition) is 2. The molecule has 1 saturated carbocycles. The Labute approximate surface area is 154 Å². The summed E-state index contributed by atoms with van der Waals surface area (Å²) in [6.07, 6.45) is 6.04. The second kappa shape index (κ2) is 5.73. The van der Waals surface area contributed by atoms with E-state index in [1.807, 2.05) is 6.07 Å². The smallest absolute Gasteiger partial charge is 0.0557 e. The van der Waals surface area contributed by atoms with Gasteiger partial charge < -0.3 is 10.1 Å². The zero-order valence-electron chi connectivity index (χ0n) is 14.9. The van der Waals surface area contributed by atoms with E-state index in [-0.39, 0.29) is 12.0 Å². The summed E-state index contributed by atoms with van der Waals surface area (Å²) in [6.45, 7) is 4.87. The normalized spacial score (nSPS) is 36.4. The summed E-state index contributed by atoms with van der Waals surface area (Å²) in [5.41, 5.74) is 3.75. The Hall–Kier alpha value is -1.03. The van der Waals surface area contributed by atoms with Crippen molar-refractivity contribution in [2.24, 2.45) is 11.8 Å². The number of H-pyrrole nitrogens is 1. The first-order chi connectivity index (χ1) is 12.2. The molecule has 6 rings (SSSR count). The largest absolute Gasteiger partial charge is 0.395 e. The second-order valence-corrected chi connectivity index (χ2v) is 8.96. The van der Waals surface area contributed by atoms with Gasteiger partial charge in [0.1, 0.15) is 0 Å². The Morgan fingerprint density at radius 2 is 2.28 bits per heavy atom. The molecule has 4 aliphatic rings. The van der Waals surface area contributed by atoms with E-state index in [0.717, 1.165) is 30.3 Å². The molecule has 3 aliphatic heterocycles. The number of halogens is 1. The van der Waals surface area contributed by atoms with Crippen molar-refractivity contribution in [2.75, 3.05) is 19.7 Å². The van der Waals surface area contributed by atoms with Crippen LogP contribution >= 0.6 is 11.6 Å². The Bertz CT molecular complexity index is 816. The fraction of sp³-hybridized carbons (Fsp3) is 0.619. The molecule has 25 heavy (non-hydrogen) atoms. The number of piperidine rings is 2. The maximum Gasteiger partial charge on any atom is 0.0557 e. The quantitative estimate of drug-likeness (QED) is 0.866. The topological polar surface area (TPSA) is 39.3 Å². The third-order valence-corrected chi connectivity index (χ3v) is 7.38. The predicted molar refractivity (Wildman–Crippen MR) is 102 cm³/mol. The van der Waals surface area contributed by atoms with Crippen LogP contribution in [0.25, 0.3) is 10.9 Å². The lowest BCUT2D eigenvalue weighted by Gasteiger charge is -2.59. The number of aliphatic hydroxyl groups excluding tert-OH is 1. The van der Waals surface area contributed by atoms with E-state index in [1.165, 1.54) is 48.0 Å². The number of hydrogen-bond acceptors (Lipinski definition) is 2. The minimum absolute atomic E-state index is 0.127. The van der Waals surface area contributed by atoms with Gasteiger partial charge in [0.2, 0.25) is 0 Å². The third kappa shape index (κ3) is 2.19. The summed E-state index contributed by atoms with van der Waals surface area (Å²) in [6, 6.07) is 6.64. The highest BCUT2D eigenvalue weighted by Crippen LogP contribution is 2.54. The van der Waals surface area contributed by atoms with E-state index >= 15 is 0 Å². The van der Waals surface area contributed by atoms with Crippen molar-refractivity contribution < 1.29 is 5.11 Å². The van der Waals surface area contributed by atoms with Crippen molar-refractivity contribution >= 4 is 22.5 Å². The number of aromatic amines is 1. The Morgan fingerprint density at radius 1 is 1.40 bits per heavy atom. The van der Waals surface area contributed by atoms with E-state index in [9.17, 15) is 5.11 Å². The van der Waals surface area contributed by atoms with Crippen LogP contribution in [0.3, 0.4) is 0 Å². The average Bonchev–Trinajstić information content (AvgIpc) is 2.93. The molecule has 0 spiro atoms. The molecule has 4 heterocycles. The molecule has 1 aromatic heterocycles. The number of fused-ring (bicyclic) bond motifs is 4. The number of nitrogens with one attached hydrogen (secondary N) is 1. The fourth-order valence-corrected chi connectivity index (χ4v) is 6.66. The number of benzene rings is 1. The Kier molecular flexibility index (Phi) is 3.71. The average molecular weight is 359 g/mol. The number of aromatic nitrogens is 1. The first kappa shape index (κ1) is 16.2. The fourth-order valence-electron chi connectivity index (χ4n) is 6.48. The SMILES string of the molecule is CCCC1CC2CN3CCc4c([nH]c5ccc(Cl)cc45)C(CO)(C2)C13. The van der Waals surface area contributed by atoms with E-state index in [0.29, 0.717) is 12.0 Å². The van der Waals surface area contributed by atoms with Crippen LogP contribution in [0.2, 0.25) is 5.02 Å². The maximum absolute atomic E-state index is 10.7. The van der Waals surface area contributed by atoms with Crippen molar-refractivity contribution in [3.8, 4) is 0 Å². The van der Waals surface area contributed by atoms with Crippen molar-refractivity contribution in [2.45, 2.75) is 50.5 Å². The maximum atomic E-state index is 10.7. The highest BCUT2D eigenvalue weighted by molar-refractivity contribution is 6.31. The molecule has 3 fully saturated rings. The predicted octanol–water partition coefficient (Wildman–Crippen LogP) is 4.12. The van der Waals surface area contributed by atoms with Crippen LogP contribution in [0.15, 0.2) is 18.2 Å². The van der Waals surface area contributed by atoms with Gasteiger partial charge in [0.25, 0.3) is 0 Å². The minimum atomic E-state index is -0.127. The first-order valence-corrected chi connectivity index (χ1v) is 10.2. The summed E-state index contributed by atoms with van der Waals surface area (Å²) >= 11 is 6.29. The highest BCUT2D eigenvalue weighted by Gasteiger charge is 2.57. The molecule has 0 amide bonds. The lowest BCUT2D eigenvalue weighted by Crippen LogP contribution is -2.65. The molecule has 5 unspecified atom stereocenters. The van der Waals surface area contributed by atoms with Crippen LogP contribution in [-0.4, -0.2) is 40.7 Å². The first-order valence-electron chi connectivity index (χ1n) is 9.81. The molecule has 1 aliphatic carbocycles. The standard InChI is InChI=1S/C21H27ClN2O/c1-2-3-14-8-13-10-21(12-25)19-16(6-7-24(11-13)20(14)21)17-9-15(22)4-5-18(17)23-19/h4-5,9,13-14,20,23,25H,2-3,6-8,10-12H2,1H3. The highest BCUT2D eigenvalue weighted by atomic mass is 35.5. The van der Waals surface area contributed by atoms with Gasteiger partial charge in [0.15, 0.2) is 0 Å². The van der Waals surface area contributed by atoms with Gasteiger partial charge >= 0.3 is 0 Å². The molecule has 3 nitrogen and oxygen atoms in total. The van der Waals surface area contributed by atoms with Crippen LogP contribution in [0.5, 0.6) is 0 Å². The van der Waals surface area contributed by atoms with Crippen LogP contribution in [0.4, 0.5) is 0 Å². The molecular weight excluding hydrogens is 332 g/mol. The summed E-state index contributed by atoms with van der Waals surface area (Å²) in [7, 11) is 0. The molecule has 2 N–H and O–H groups in total. The third-order valence-electron chi connectivity index (χ3n) is 7.14. The van der Waals surface area contributed by atoms with E-state index < -0.39 is 0 Å². The lowest BCUT2D eigenvalue weighted by atomic mass is 9.56. The molecule has 1 aromatic carbocycles. The zero-order valence-corrected chi connectivity index (χ0v) is 15.6. The van der Waals surface area contributed by atoms with Gasteiger partial charge in [-0.1, -0.05) is 24.9 Å². The Morgan fingerprint density at radius 3 is 3.08 bits per heavy atom. The number of nitrogens with zero attached hydrogens (tertiary/aromatic N) is 1. The van der Waals surface area contributed by atoms with Crippen molar-refractivity contribution in [3.63, 3.8) is 0 Å². The van der Waals surface area contributed by atoms with Crippen molar-refractivity contribution in [1.82, 2.24) is 9.88 Å². The number of rotatable bonds is 3. The van der Waals surface area contributed by atoms with Gasteiger partial charge in [-0.15, -0.1) is 0 Å². The molecule has 2 saturated heterocycles. The summed E-state index contributed by atoms with van der Waals surface area (Å²) in [4.78, 5) is 6.44. The van der Waals surface area contributed by atoms with E-state index in [2.05, 4.69) is 28.9 Å². The Balaban J connectivity index is 1.73. The monoisotopic (exact) mass is 358 g/mol. The van der Waals surface area contributed by atoms with Gasteiger partial charge in [-0.3, -0.25) is 4.90 Å². The molecule has 2 aromatic rings. The van der Waals surface area contributed by atoms with Crippen LogP contribution < -0.4 is 0 Å². The van der Waals surface area contributed by atoms with Gasteiger partial charge in [-0.05, 0) is 61.3 Å². The van der Waals surface area contributed by atoms with Crippen molar-refractivity contribution in [1.29, 1.82) is 0 Å². The van der Waals surface area contributed by atoms with Crippen molar-refractivity contribution in [3.05, 3.63) is 34.5 Å². The van der Waals surface area contributed by atoms with Crippen LogP contribution in [-0.2, 0) is 11.8 Å². The molecule has 0 radical (unpaired) electrons. The lowest BCUT2D eigenvalue weighted by molar-refractivity contribution is -0.0788. The zero-order chi connectivity index (χ0) is 17.2. The molecular formula is C21H27ClN2O. The summed E-state index contributed by atoms with van der Waals surface area (Å²) < 4.78 is 0. The minimum Gasteiger partial charge on any atom is -0.395 e. The molecule has 134 valence electrons. The van der Waals surface area contributed by atoms with Gasteiger partial charge in [0, 0.05) is 46.2 Å². The molecule has 5 atom stereocenters. The number of aliphatic hydroxyl groups is 1. The van der Waals surface area contributed by atoms with E-state index in [1.54, 1.807) is 0 Å². The van der Waals surface area contributed by atoms with Gasteiger partial charge in [-0.25, -0.2) is 0 Å². The second-order valence-electron chi connectivity index (χ2n) is 8.53. The summed E-state index contributed by atoms with van der Waals surface area (Å²) in [5.74, 6) is 1.43. The summed E-state index contributed by atoms with van der Waals surface area (Å²) in [5, 5.41) is 12.7. The van der Waals surface area contributed by atoms with Crippen LogP contribution in [0.1, 0.15) is 43.9 Å².